The van der Waals surface area contributed by atoms with Crippen molar-refractivity contribution in [3.63, 3.8) is 0 Å². The van der Waals surface area contributed by atoms with Crippen molar-refractivity contribution in [1.29, 1.82) is 0 Å². The molecule has 2 N–H and O–H groups in total. The van der Waals surface area contributed by atoms with Crippen molar-refractivity contribution in [3.8, 4) is 0 Å². The van der Waals surface area contributed by atoms with Crippen LogP contribution < -0.4 is 4.31 Å². The number of carbonyl (C=O) groups is 2. The molecule has 0 unspecified atom stereocenters. The van der Waals surface area contributed by atoms with Gasteiger partial charge < -0.3 is 10.2 Å². The molecule has 9 heteroatoms. The number of hydrogen-bond donors (Lipinski definition) is 2. The standard InChI is InChI=1S/C16H12FNO6S/c17-13-8-11(2-3-12(13)16(21)22)25(23,24)18-6-5-9-7-10(15(19)20)1-4-14(9)18/h1-4,7-8H,5-6H2,(H,19,20)(H,21,22). The number of sulfonamides is 1. The molecule has 1 heterocycles. The van der Waals surface area contributed by atoms with Crippen LogP contribution in [0.1, 0.15) is 26.3 Å². The molecule has 0 fully saturated rings. The fourth-order valence-corrected chi connectivity index (χ4v) is 4.23. The van der Waals surface area contributed by atoms with Crippen molar-refractivity contribution in [2.45, 2.75) is 11.3 Å². The number of halogens is 1. The largest absolute Gasteiger partial charge is 0.478 e. The lowest BCUT2D eigenvalue weighted by Crippen LogP contribution is -2.29. The Morgan fingerprint density at radius 1 is 1.04 bits per heavy atom. The number of benzene rings is 2. The van der Waals surface area contributed by atoms with Gasteiger partial charge in [0.25, 0.3) is 10.0 Å². The molecule has 2 aromatic rings. The quantitative estimate of drug-likeness (QED) is 0.857. The summed E-state index contributed by atoms with van der Waals surface area (Å²) in [4.78, 5) is 21.5. The van der Waals surface area contributed by atoms with E-state index in [1.54, 1.807) is 0 Å². The predicted octanol–water partition coefficient (Wildman–Crippen LogP) is 1.97. The molecule has 0 bridgehead atoms. The molecule has 1 aliphatic heterocycles. The maximum Gasteiger partial charge on any atom is 0.338 e. The van der Waals surface area contributed by atoms with Gasteiger partial charge in [0.05, 0.1) is 21.7 Å². The molecule has 130 valence electrons. The molecular formula is C16H12FNO6S. The summed E-state index contributed by atoms with van der Waals surface area (Å²) in [7, 11) is -4.10. The Labute approximate surface area is 142 Å². The zero-order valence-electron chi connectivity index (χ0n) is 12.6. The van der Waals surface area contributed by atoms with Crippen molar-refractivity contribution in [1.82, 2.24) is 0 Å². The number of aromatic carboxylic acids is 2. The molecular weight excluding hydrogens is 353 g/mol. The average molecular weight is 365 g/mol. The first kappa shape index (κ1) is 16.9. The fraction of sp³-hybridized carbons (Fsp3) is 0.125. The van der Waals surface area contributed by atoms with Crippen LogP contribution >= 0.6 is 0 Å². The van der Waals surface area contributed by atoms with Crippen molar-refractivity contribution in [2.24, 2.45) is 0 Å². The Morgan fingerprint density at radius 3 is 2.36 bits per heavy atom. The van der Waals surface area contributed by atoms with Gasteiger partial charge in [0.2, 0.25) is 0 Å². The Hall–Kier alpha value is -2.94. The predicted molar refractivity (Wildman–Crippen MR) is 85.0 cm³/mol. The molecule has 3 rings (SSSR count). The third-order valence-corrected chi connectivity index (χ3v) is 5.75. The number of fused-ring (bicyclic) bond motifs is 1. The second kappa shape index (κ2) is 5.85. The Bertz CT molecular complexity index is 1000. The topological polar surface area (TPSA) is 112 Å². The average Bonchev–Trinajstić information content (AvgIpc) is 2.98. The smallest absolute Gasteiger partial charge is 0.338 e. The molecule has 0 spiro atoms. The van der Waals surface area contributed by atoms with Gasteiger partial charge in [0.1, 0.15) is 5.82 Å². The van der Waals surface area contributed by atoms with E-state index >= 15 is 0 Å². The minimum Gasteiger partial charge on any atom is -0.478 e. The fourth-order valence-electron chi connectivity index (χ4n) is 2.71. The summed E-state index contributed by atoms with van der Waals surface area (Å²) in [6.45, 7) is 0.0863. The Balaban J connectivity index is 2.02. The number of rotatable bonds is 4. The highest BCUT2D eigenvalue weighted by Gasteiger charge is 2.32. The van der Waals surface area contributed by atoms with Gasteiger partial charge in [-0.1, -0.05) is 0 Å². The van der Waals surface area contributed by atoms with Crippen LogP contribution in [0, 0.1) is 5.82 Å². The molecule has 0 aliphatic carbocycles. The van der Waals surface area contributed by atoms with Crippen molar-refractivity contribution in [2.75, 3.05) is 10.8 Å². The monoisotopic (exact) mass is 365 g/mol. The summed E-state index contributed by atoms with van der Waals surface area (Å²) in [5.74, 6) is -3.75. The summed E-state index contributed by atoms with van der Waals surface area (Å²) in [6, 6.07) is 6.69. The lowest BCUT2D eigenvalue weighted by molar-refractivity contribution is 0.0683. The molecule has 0 radical (unpaired) electrons. The second-order valence-electron chi connectivity index (χ2n) is 5.42. The number of nitrogens with zero attached hydrogens (tertiary/aromatic N) is 1. The van der Waals surface area contributed by atoms with Gasteiger partial charge in [-0.2, -0.15) is 0 Å². The highest BCUT2D eigenvalue weighted by Crippen LogP contribution is 2.34. The van der Waals surface area contributed by atoms with E-state index in [9.17, 15) is 22.4 Å². The van der Waals surface area contributed by atoms with E-state index in [1.807, 2.05) is 0 Å². The zero-order valence-corrected chi connectivity index (χ0v) is 13.5. The van der Waals surface area contributed by atoms with Crippen LogP contribution in [-0.2, 0) is 16.4 Å². The van der Waals surface area contributed by atoms with Crippen LogP contribution in [0.5, 0.6) is 0 Å². The van der Waals surface area contributed by atoms with E-state index in [4.69, 9.17) is 10.2 Å². The van der Waals surface area contributed by atoms with Crippen molar-refractivity contribution in [3.05, 3.63) is 58.9 Å². The number of carboxylic acid groups (broad SMARTS) is 2. The highest BCUT2D eigenvalue weighted by atomic mass is 32.2. The Morgan fingerprint density at radius 2 is 1.76 bits per heavy atom. The molecule has 1 aliphatic rings. The second-order valence-corrected chi connectivity index (χ2v) is 7.28. The first-order valence-electron chi connectivity index (χ1n) is 7.13. The molecule has 0 atom stereocenters. The molecule has 0 saturated carbocycles. The summed E-state index contributed by atoms with van der Waals surface area (Å²) < 4.78 is 40.4. The van der Waals surface area contributed by atoms with Crippen molar-refractivity contribution >= 4 is 27.6 Å². The number of hydrogen-bond acceptors (Lipinski definition) is 4. The first-order valence-corrected chi connectivity index (χ1v) is 8.57. The number of carboxylic acids is 2. The maximum atomic E-state index is 13.8. The maximum absolute atomic E-state index is 13.8. The van der Waals surface area contributed by atoms with Crippen LogP contribution in [0.2, 0.25) is 0 Å². The van der Waals surface area contributed by atoms with Gasteiger partial charge in [0.15, 0.2) is 0 Å². The van der Waals surface area contributed by atoms with Crippen LogP contribution in [0.15, 0.2) is 41.3 Å². The number of anilines is 1. The van der Waals surface area contributed by atoms with E-state index in [0.29, 0.717) is 23.7 Å². The van der Waals surface area contributed by atoms with Gasteiger partial charge in [-0.3, -0.25) is 4.31 Å². The SMILES string of the molecule is O=C(O)c1ccc2c(c1)CCN2S(=O)(=O)c1ccc(C(=O)O)c(F)c1. The van der Waals surface area contributed by atoms with E-state index in [1.165, 1.54) is 18.2 Å². The van der Waals surface area contributed by atoms with Crippen LogP contribution in [0.25, 0.3) is 0 Å². The Kier molecular flexibility index (Phi) is 3.96. The first-order chi connectivity index (χ1) is 11.7. The van der Waals surface area contributed by atoms with E-state index in [-0.39, 0.29) is 17.0 Å². The van der Waals surface area contributed by atoms with E-state index in [2.05, 4.69) is 0 Å². The van der Waals surface area contributed by atoms with Crippen LogP contribution in [0.4, 0.5) is 10.1 Å². The minimum absolute atomic E-state index is 0.0508. The summed E-state index contributed by atoms with van der Waals surface area (Å²) in [5.41, 5.74) is 0.320. The molecule has 7 nitrogen and oxygen atoms in total. The molecule has 0 amide bonds. The van der Waals surface area contributed by atoms with E-state index in [0.717, 1.165) is 16.4 Å². The normalized spacial score (nSPS) is 13.6. The van der Waals surface area contributed by atoms with Gasteiger partial charge in [0, 0.05) is 6.54 Å². The van der Waals surface area contributed by atoms with Gasteiger partial charge in [-0.25, -0.2) is 22.4 Å². The van der Waals surface area contributed by atoms with Crippen LogP contribution in [-0.4, -0.2) is 37.1 Å². The third kappa shape index (κ3) is 2.82. The van der Waals surface area contributed by atoms with Crippen LogP contribution in [0.3, 0.4) is 0 Å². The van der Waals surface area contributed by atoms with Gasteiger partial charge in [-0.05, 0) is 48.4 Å². The minimum atomic E-state index is -4.10. The highest BCUT2D eigenvalue weighted by molar-refractivity contribution is 7.92. The van der Waals surface area contributed by atoms with Crippen molar-refractivity contribution < 1.29 is 32.6 Å². The molecule has 0 aromatic heterocycles. The summed E-state index contributed by atoms with van der Waals surface area (Å²) in [5, 5.41) is 17.8. The van der Waals surface area contributed by atoms with Gasteiger partial charge >= 0.3 is 11.9 Å². The summed E-state index contributed by atoms with van der Waals surface area (Å²) in [6.07, 6.45) is 0.325. The lowest BCUT2D eigenvalue weighted by atomic mass is 10.1. The van der Waals surface area contributed by atoms with Gasteiger partial charge in [-0.15, -0.1) is 0 Å². The molecule has 0 saturated heterocycles. The molecule has 2 aromatic carbocycles. The summed E-state index contributed by atoms with van der Waals surface area (Å²) >= 11 is 0. The van der Waals surface area contributed by atoms with E-state index < -0.39 is 33.3 Å². The molecule has 25 heavy (non-hydrogen) atoms. The lowest BCUT2D eigenvalue weighted by Gasteiger charge is -2.20. The third-order valence-electron chi connectivity index (χ3n) is 3.94. The zero-order chi connectivity index (χ0) is 18.4.